The summed E-state index contributed by atoms with van der Waals surface area (Å²) in [4.78, 5) is 4.41. The highest BCUT2D eigenvalue weighted by Crippen LogP contribution is 2.27. The predicted molar refractivity (Wildman–Crippen MR) is 86.8 cm³/mol. The number of nitrogens with zero attached hydrogens (tertiary/aromatic N) is 1. The minimum absolute atomic E-state index is 0.00855. The van der Waals surface area contributed by atoms with E-state index in [2.05, 4.69) is 43.3 Å². The van der Waals surface area contributed by atoms with E-state index >= 15 is 0 Å². The van der Waals surface area contributed by atoms with E-state index in [1.165, 1.54) is 10.9 Å². The minimum atomic E-state index is 0.00855. The van der Waals surface area contributed by atoms with Gasteiger partial charge in [0.25, 0.3) is 0 Å². The van der Waals surface area contributed by atoms with Gasteiger partial charge in [-0.15, -0.1) is 0 Å². The molecule has 4 heteroatoms. The maximum Gasteiger partial charge on any atom is 0.0789 e. The van der Waals surface area contributed by atoms with Crippen LogP contribution in [-0.4, -0.2) is 24.2 Å². The number of aromatic nitrogens is 1. The van der Waals surface area contributed by atoms with Gasteiger partial charge in [0.1, 0.15) is 0 Å². The van der Waals surface area contributed by atoms with Crippen molar-refractivity contribution in [2.45, 2.75) is 39.3 Å². The van der Waals surface area contributed by atoms with Crippen LogP contribution in [0.15, 0.2) is 36.5 Å². The van der Waals surface area contributed by atoms with Crippen LogP contribution in [0.3, 0.4) is 0 Å². The summed E-state index contributed by atoms with van der Waals surface area (Å²) in [5.41, 5.74) is 5.18. The molecule has 1 aromatic heterocycles. The second-order valence-electron chi connectivity index (χ2n) is 6.49. The lowest BCUT2D eigenvalue weighted by Crippen LogP contribution is -2.51. The lowest BCUT2D eigenvalue weighted by molar-refractivity contribution is -0.0109. The molecule has 0 aliphatic carbocycles. The Balaban J connectivity index is 2.33. The lowest BCUT2D eigenvalue weighted by atomic mass is 9.82. The highest BCUT2D eigenvalue weighted by molar-refractivity contribution is 5.81. The van der Waals surface area contributed by atoms with Gasteiger partial charge in [-0.2, -0.15) is 0 Å². The first-order chi connectivity index (χ1) is 9.97. The molecule has 0 spiro atoms. The molecule has 0 amide bonds. The first kappa shape index (κ1) is 15.9. The van der Waals surface area contributed by atoms with Gasteiger partial charge in [0.05, 0.1) is 17.7 Å². The van der Waals surface area contributed by atoms with Gasteiger partial charge in [-0.3, -0.25) is 16.3 Å². The second-order valence-corrected chi connectivity index (χ2v) is 6.49. The van der Waals surface area contributed by atoms with E-state index in [0.717, 1.165) is 11.9 Å². The molecule has 21 heavy (non-hydrogen) atoms. The molecule has 0 saturated carbocycles. The number of methoxy groups -OCH3 is 1. The number of hydrazine groups is 1. The number of benzene rings is 1. The monoisotopic (exact) mass is 287 g/mol. The van der Waals surface area contributed by atoms with Gasteiger partial charge in [0.15, 0.2) is 0 Å². The smallest absolute Gasteiger partial charge is 0.0789 e. The van der Waals surface area contributed by atoms with Crippen LogP contribution in [0.5, 0.6) is 0 Å². The van der Waals surface area contributed by atoms with Crippen molar-refractivity contribution in [1.29, 1.82) is 0 Å². The van der Waals surface area contributed by atoms with E-state index in [0.29, 0.717) is 0 Å². The summed E-state index contributed by atoms with van der Waals surface area (Å²) in [5, 5.41) is 1.17. The van der Waals surface area contributed by atoms with Crippen molar-refractivity contribution >= 4 is 10.9 Å². The van der Waals surface area contributed by atoms with E-state index in [1.54, 1.807) is 7.11 Å². The van der Waals surface area contributed by atoms with Crippen molar-refractivity contribution in [2.24, 2.45) is 11.3 Å². The first-order valence-corrected chi connectivity index (χ1v) is 7.29. The average Bonchev–Trinajstić information content (AvgIpc) is 2.45. The number of para-hydroxylation sites is 1. The van der Waals surface area contributed by atoms with Crippen molar-refractivity contribution in [3.8, 4) is 0 Å². The second kappa shape index (κ2) is 6.52. The Bertz CT molecular complexity index is 587. The Morgan fingerprint density at radius 1 is 1.24 bits per heavy atom. The molecule has 2 aromatic rings. The quantitative estimate of drug-likeness (QED) is 0.655. The van der Waals surface area contributed by atoms with Gasteiger partial charge >= 0.3 is 0 Å². The molecule has 0 bridgehead atoms. The molecule has 4 nitrogen and oxygen atoms in total. The van der Waals surface area contributed by atoms with Crippen molar-refractivity contribution in [3.05, 3.63) is 42.1 Å². The van der Waals surface area contributed by atoms with Crippen LogP contribution < -0.4 is 11.3 Å². The predicted octanol–water partition coefficient (Wildman–Crippen LogP) is 2.67. The Kier molecular flexibility index (Phi) is 4.93. The van der Waals surface area contributed by atoms with Crippen molar-refractivity contribution in [2.75, 3.05) is 7.11 Å². The number of hydrogen-bond donors (Lipinski definition) is 2. The summed E-state index contributed by atoms with van der Waals surface area (Å²) in [6.45, 7) is 6.49. The molecule has 3 N–H and O–H groups in total. The molecule has 0 radical (unpaired) electrons. The van der Waals surface area contributed by atoms with E-state index < -0.39 is 0 Å². The van der Waals surface area contributed by atoms with E-state index in [4.69, 9.17) is 10.6 Å². The van der Waals surface area contributed by atoms with E-state index in [1.807, 2.05) is 24.4 Å². The number of hydrogen-bond acceptors (Lipinski definition) is 4. The topological polar surface area (TPSA) is 60.2 Å². The Labute approximate surface area is 126 Å². The van der Waals surface area contributed by atoms with Crippen molar-refractivity contribution in [1.82, 2.24) is 10.4 Å². The maximum absolute atomic E-state index is 5.79. The van der Waals surface area contributed by atoms with Crippen LogP contribution in [0.4, 0.5) is 0 Å². The Morgan fingerprint density at radius 2 is 1.95 bits per heavy atom. The minimum Gasteiger partial charge on any atom is -0.379 e. The van der Waals surface area contributed by atoms with E-state index in [9.17, 15) is 0 Å². The largest absolute Gasteiger partial charge is 0.379 e. The summed E-state index contributed by atoms with van der Waals surface area (Å²) in [6.07, 6.45) is 2.67. The fraction of sp³-hybridized carbons (Fsp3) is 0.471. The summed E-state index contributed by atoms with van der Waals surface area (Å²) < 4.78 is 5.69. The number of rotatable bonds is 5. The van der Waals surface area contributed by atoms with Gasteiger partial charge in [-0.1, -0.05) is 39.0 Å². The number of fused-ring (bicyclic) bond motifs is 1. The molecule has 2 unspecified atom stereocenters. The summed E-state index contributed by atoms with van der Waals surface area (Å²) in [6, 6.07) is 10.3. The fourth-order valence-electron chi connectivity index (χ4n) is 2.94. The Hall–Kier alpha value is -1.49. The molecular weight excluding hydrogens is 262 g/mol. The summed E-state index contributed by atoms with van der Waals surface area (Å²) in [5.74, 6) is 5.79. The number of nitrogens with two attached hydrogens (primary N) is 1. The lowest BCUT2D eigenvalue weighted by Gasteiger charge is -2.35. The number of ether oxygens (including phenoxy) is 1. The molecule has 0 aliphatic heterocycles. The van der Waals surface area contributed by atoms with Gasteiger partial charge in [0, 0.05) is 18.7 Å². The molecule has 114 valence electrons. The summed E-state index contributed by atoms with van der Waals surface area (Å²) >= 11 is 0. The Morgan fingerprint density at radius 3 is 2.57 bits per heavy atom. The van der Waals surface area contributed by atoms with Crippen molar-refractivity contribution < 1.29 is 4.74 Å². The zero-order chi connectivity index (χ0) is 15.5. The normalized spacial score (nSPS) is 15.1. The third kappa shape index (κ3) is 3.59. The van der Waals surface area contributed by atoms with Gasteiger partial charge in [0.2, 0.25) is 0 Å². The molecule has 2 rings (SSSR count). The number of nitrogens with one attached hydrogen (secondary N) is 1. The highest BCUT2D eigenvalue weighted by Gasteiger charge is 2.32. The highest BCUT2D eigenvalue weighted by atomic mass is 16.5. The third-order valence-corrected chi connectivity index (χ3v) is 3.87. The summed E-state index contributed by atoms with van der Waals surface area (Å²) in [7, 11) is 1.74. The van der Waals surface area contributed by atoms with Crippen LogP contribution in [0.1, 0.15) is 26.3 Å². The van der Waals surface area contributed by atoms with Crippen LogP contribution in [-0.2, 0) is 11.2 Å². The standard InChI is InChI=1S/C17H25N3O/c1-17(2,3)16(21-4)15(20-18)11-12-9-10-19-14-8-6-5-7-13(12)14/h5-10,15-16,20H,11,18H2,1-4H3. The van der Waals surface area contributed by atoms with Gasteiger partial charge in [-0.25, -0.2) is 0 Å². The van der Waals surface area contributed by atoms with Gasteiger partial charge < -0.3 is 4.74 Å². The molecule has 0 aliphatic rings. The maximum atomic E-state index is 5.79. The molecule has 2 atom stereocenters. The fourth-order valence-corrected chi connectivity index (χ4v) is 2.94. The van der Waals surface area contributed by atoms with Crippen molar-refractivity contribution in [3.63, 3.8) is 0 Å². The molecular formula is C17H25N3O. The van der Waals surface area contributed by atoms with E-state index in [-0.39, 0.29) is 17.6 Å². The van der Waals surface area contributed by atoms with Gasteiger partial charge in [-0.05, 0) is 29.5 Å². The molecule has 1 aromatic carbocycles. The zero-order valence-corrected chi connectivity index (χ0v) is 13.3. The SMILES string of the molecule is COC(C(Cc1ccnc2ccccc12)NN)C(C)(C)C. The van der Waals surface area contributed by atoms with Crippen LogP contribution >= 0.6 is 0 Å². The molecule has 1 heterocycles. The molecule has 0 saturated heterocycles. The first-order valence-electron chi connectivity index (χ1n) is 7.29. The number of pyridine rings is 1. The van der Waals surface area contributed by atoms with Crippen LogP contribution in [0.25, 0.3) is 10.9 Å². The van der Waals surface area contributed by atoms with Crippen LogP contribution in [0.2, 0.25) is 0 Å². The molecule has 0 fully saturated rings. The van der Waals surface area contributed by atoms with Crippen LogP contribution in [0, 0.1) is 5.41 Å². The zero-order valence-electron chi connectivity index (χ0n) is 13.3. The average molecular weight is 287 g/mol. The third-order valence-electron chi connectivity index (χ3n) is 3.87.